The summed E-state index contributed by atoms with van der Waals surface area (Å²) >= 11 is 0. The van der Waals surface area contributed by atoms with Crippen molar-refractivity contribution >= 4 is 5.78 Å². The van der Waals surface area contributed by atoms with E-state index >= 15 is 0 Å². The van der Waals surface area contributed by atoms with Gasteiger partial charge in [0, 0.05) is 18.4 Å². The first kappa shape index (κ1) is 14.7. The number of benzene rings is 1. The third-order valence-electron chi connectivity index (χ3n) is 2.62. The summed E-state index contributed by atoms with van der Waals surface area (Å²) < 4.78 is 0. The maximum atomic E-state index is 12.1. The zero-order valence-corrected chi connectivity index (χ0v) is 11.0. The van der Waals surface area contributed by atoms with Gasteiger partial charge in [-0.3, -0.25) is 4.79 Å². The van der Waals surface area contributed by atoms with Crippen molar-refractivity contribution in [1.29, 1.82) is 5.39 Å². The second-order valence-corrected chi connectivity index (χ2v) is 4.45. The van der Waals surface area contributed by atoms with Crippen molar-refractivity contribution in [3.8, 4) is 0 Å². The topological polar surface area (TPSA) is 65.4 Å². The first-order chi connectivity index (χ1) is 9.04. The lowest BCUT2D eigenvalue weighted by molar-refractivity contribution is 0.0978. The minimum Gasteiger partial charge on any atom is -0.505 e. The molecule has 0 aliphatic heterocycles. The molecule has 0 atom stereocenters. The zero-order valence-electron chi connectivity index (χ0n) is 11.0. The molecule has 98 valence electrons. The summed E-state index contributed by atoms with van der Waals surface area (Å²) in [5, 5.41) is 17.6. The molecule has 0 spiro atoms. The fourth-order valence-corrected chi connectivity index (χ4v) is 1.78. The summed E-state index contributed by atoms with van der Waals surface area (Å²) in [4.78, 5) is 14.8. The number of diazo groups is 1. The molecule has 0 bridgehead atoms. The van der Waals surface area contributed by atoms with Gasteiger partial charge in [-0.25, -0.2) is 0 Å². The van der Waals surface area contributed by atoms with E-state index in [0.717, 1.165) is 17.3 Å². The van der Waals surface area contributed by atoms with Crippen LogP contribution in [0.15, 0.2) is 48.4 Å². The quantitative estimate of drug-likeness (QED) is 0.362. The molecule has 4 heteroatoms. The molecule has 0 aliphatic carbocycles. The van der Waals surface area contributed by atoms with Crippen LogP contribution in [0.5, 0.6) is 0 Å². The second kappa shape index (κ2) is 7.12. The standard InChI is InChI=1S/C15H16N2O2/c1-11(2)9-12-5-3-4-6-14(12)15(19)8-7-13(18)10-17-16/h3-6,10H,1,7-9H2,2H3/p+1/b13-10+. The number of hydrogen-bond acceptors (Lipinski definition) is 3. The van der Waals surface area contributed by atoms with Gasteiger partial charge in [-0.1, -0.05) is 36.4 Å². The maximum absolute atomic E-state index is 12.1. The number of hydrogen-bond donors (Lipinski definition) is 1. The molecule has 0 amide bonds. The first-order valence-electron chi connectivity index (χ1n) is 6.02. The lowest BCUT2D eigenvalue weighted by Gasteiger charge is -2.08. The van der Waals surface area contributed by atoms with Crippen LogP contribution in [-0.4, -0.2) is 10.9 Å². The van der Waals surface area contributed by atoms with Crippen LogP contribution in [0.25, 0.3) is 4.98 Å². The largest absolute Gasteiger partial charge is 0.505 e. The van der Waals surface area contributed by atoms with E-state index in [2.05, 4.69) is 11.6 Å². The molecule has 19 heavy (non-hydrogen) atoms. The predicted molar refractivity (Wildman–Crippen MR) is 74.3 cm³/mol. The number of rotatable bonds is 6. The van der Waals surface area contributed by atoms with Gasteiger partial charge in [-0.05, 0) is 18.9 Å². The van der Waals surface area contributed by atoms with E-state index in [0.29, 0.717) is 12.0 Å². The van der Waals surface area contributed by atoms with Gasteiger partial charge >= 0.3 is 6.20 Å². The highest BCUT2D eigenvalue weighted by atomic mass is 16.3. The van der Waals surface area contributed by atoms with E-state index in [-0.39, 0.29) is 24.4 Å². The highest BCUT2D eigenvalue weighted by Gasteiger charge is 2.12. The Kier molecular flexibility index (Phi) is 5.49. The summed E-state index contributed by atoms with van der Waals surface area (Å²) in [5.41, 5.74) is 2.58. The Morgan fingerprint density at radius 3 is 2.74 bits per heavy atom. The predicted octanol–water partition coefficient (Wildman–Crippen LogP) is 4.02. The van der Waals surface area contributed by atoms with Crippen molar-refractivity contribution in [1.82, 2.24) is 0 Å². The third-order valence-corrected chi connectivity index (χ3v) is 2.62. The van der Waals surface area contributed by atoms with E-state index in [1.807, 2.05) is 25.1 Å². The molecule has 0 unspecified atom stereocenters. The Balaban J connectivity index is 2.80. The smallest absolute Gasteiger partial charge is 0.387 e. The van der Waals surface area contributed by atoms with Gasteiger partial charge in [0.25, 0.3) is 0 Å². The van der Waals surface area contributed by atoms with Crippen LogP contribution < -0.4 is 0 Å². The monoisotopic (exact) mass is 257 g/mol. The number of Topliss-reactive ketones (excluding diaryl/α,β-unsaturated/α-hetero) is 1. The summed E-state index contributed by atoms with van der Waals surface area (Å²) in [6.07, 6.45) is 1.91. The molecule has 0 fully saturated rings. The molecule has 1 aromatic rings. The lowest BCUT2D eigenvalue weighted by atomic mass is 9.96. The Bertz CT molecular complexity index is 554. The molecular formula is C15H17N2O2+. The van der Waals surface area contributed by atoms with Gasteiger partial charge < -0.3 is 5.11 Å². The lowest BCUT2D eigenvalue weighted by Crippen LogP contribution is -2.04. The van der Waals surface area contributed by atoms with Crippen LogP contribution in [-0.2, 0) is 6.42 Å². The van der Waals surface area contributed by atoms with Gasteiger partial charge in [-0.2, -0.15) is 0 Å². The van der Waals surface area contributed by atoms with E-state index in [9.17, 15) is 9.90 Å². The molecule has 0 aromatic heterocycles. The average molecular weight is 257 g/mol. The van der Waals surface area contributed by atoms with Crippen molar-refractivity contribution in [2.24, 2.45) is 0 Å². The molecule has 0 heterocycles. The highest BCUT2D eigenvalue weighted by molar-refractivity contribution is 5.97. The Morgan fingerprint density at radius 1 is 1.42 bits per heavy atom. The van der Waals surface area contributed by atoms with E-state index in [1.54, 1.807) is 6.07 Å². The fourth-order valence-electron chi connectivity index (χ4n) is 1.78. The average Bonchev–Trinajstić information content (AvgIpc) is 2.36. The number of ketones is 1. The SMILES string of the molecule is C=C(C)Cc1ccccc1C(=O)CC/C(O)=C\[N+]#N. The van der Waals surface area contributed by atoms with Crippen molar-refractivity contribution < 1.29 is 9.90 Å². The van der Waals surface area contributed by atoms with Gasteiger partial charge in [0.15, 0.2) is 16.5 Å². The van der Waals surface area contributed by atoms with E-state index < -0.39 is 0 Å². The Hall–Kier alpha value is -2.41. The number of aliphatic hydroxyl groups excluding tert-OH is 1. The van der Waals surface area contributed by atoms with E-state index in [1.165, 1.54) is 0 Å². The van der Waals surface area contributed by atoms with Crippen LogP contribution in [0, 0.1) is 5.39 Å². The minimum absolute atomic E-state index is 0.0465. The van der Waals surface area contributed by atoms with Crippen molar-refractivity contribution in [2.45, 2.75) is 26.2 Å². The van der Waals surface area contributed by atoms with Gasteiger partial charge in [0.2, 0.25) is 5.39 Å². The molecule has 1 aromatic carbocycles. The van der Waals surface area contributed by atoms with Crippen LogP contribution in [0.1, 0.15) is 35.7 Å². The van der Waals surface area contributed by atoms with E-state index in [4.69, 9.17) is 5.39 Å². The van der Waals surface area contributed by atoms with Gasteiger partial charge in [0.05, 0.1) is 0 Å². The highest BCUT2D eigenvalue weighted by Crippen LogP contribution is 2.16. The molecule has 1 N–H and O–H groups in total. The number of allylic oxidation sites excluding steroid dienone is 2. The van der Waals surface area contributed by atoms with Crippen LogP contribution in [0.3, 0.4) is 0 Å². The van der Waals surface area contributed by atoms with Gasteiger partial charge in [0.1, 0.15) is 0 Å². The maximum Gasteiger partial charge on any atom is 0.387 e. The van der Waals surface area contributed by atoms with Crippen molar-refractivity contribution in [2.75, 3.05) is 0 Å². The fraction of sp³-hybridized carbons (Fsp3) is 0.267. The first-order valence-corrected chi connectivity index (χ1v) is 6.02. The molecule has 0 saturated heterocycles. The third kappa shape index (κ3) is 4.76. The minimum atomic E-state index is -0.117. The number of carbonyl (C=O) groups is 1. The normalized spacial score (nSPS) is 10.8. The van der Waals surface area contributed by atoms with Crippen molar-refractivity contribution in [3.63, 3.8) is 0 Å². The van der Waals surface area contributed by atoms with Crippen LogP contribution in [0.2, 0.25) is 0 Å². The van der Waals surface area contributed by atoms with Gasteiger partial charge in [-0.15, -0.1) is 0 Å². The number of aliphatic hydroxyl groups is 1. The summed E-state index contributed by atoms with van der Waals surface area (Å²) in [5.74, 6) is -0.164. The van der Waals surface area contributed by atoms with Crippen molar-refractivity contribution in [3.05, 3.63) is 64.5 Å². The molecule has 0 saturated carbocycles. The van der Waals surface area contributed by atoms with Crippen LogP contribution >= 0.6 is 0 Å². The Morgan fingerprint density at radius 2 is 2.11 bits per heavy atom. The van der Waals surface area contributed by atoms with Crippen LogP contribution in [0.4, 0.5) is 0 Å². The summed E-state index contributed by atoms with van der Waals surface area (Å²) in [6.45, 7) is 5.76. The number of nitrogens with zero attached hydrogens (tertiary/aromatic N) is 2. The number of carbonyl (C=O) groups excluding carboxylic acids is 1. The molecule has 1 rings (SSSR count). The molecule has 4 nitrogen and oxygen atoms in total. The second-order valence-electron chi connectivity index (χ2n) is 4.45. The Labute approximate surface area is 112 Å². The molecule has 0 aliphatic rings. The molecular weight excluding hydrogens is 240 g/mol. The summed E-state index contributed by atoms with van der Waals surface area (Å²) in [6, 6.07) is 7.38. The summed E-state index contributed by atoms with van der Waals surface area (Å²) in [7, 11) is 0. The molecule has 0 radical (unpaired) electrons. The zero-order chi connectivity index (χ0) is 14.3.